The number of rotatable bonds is 9. The number of hydrogen-bond donors (Lipinski definition) is 1. The third-order valence-corrected chi connectivity index (χ3v) is 6.08. The molecule has 0 heterocycles. The smallest absolute Gasteiger partial charge is 0.261 e. The molecule has 0 radical (unpaired) electrons. The molecule has 0 fully saturated rings. The van der Waals surface area contributed by atoms with Crippen molar-refractivity contribution in [1.82, 2.24) is 10.2 Å². The Kier molecular flexibility index (Phi) is 8.44. The molecule has 7 heteroatoms. The molecule has 174 valence electrons. The molecule has 1 N–H and O–H groups in total. The molecule has 5 nitrogen and oxygen atoms in total. The summed E-state index contributed by atoms with van der Waals surface area (Å²) in [4.78, 5) is 27.6. The Balaban J connectivity index is 1.82. The van der Waals surface area contributed by atoms with Crippen LogP contribution in [0.4, 0.5) is 4.39 Å². The Labute approximate surface area is 202 Å². The maximum Gasteiger partial charge on any atom is 0.261 e. The summed E-state index contributed by atoms with van der Waals surface area (Å²) in [5.74, 6) is -0.367. The predicted molar refractivity (Wildman–Crippen MR) is 131 cm³/mol. The van der Waals surface area contributed by atoms with Gasteiger partial charge in [0.25, 0.3) is 5.91 Å². The van der Waals surface area contributed by atoms with Crippen molar-refractivity contribution in [3.63, 3.8) is 0 Å². The quantitative estimate of drug-likeness (QED) is 0.412. The minimum absolute atomic E-state index is 0.0564. The van der Waals surface area contributed by atoms with E-state index in [1.165, 1.54) is 17.0 Å². The van der Waals surface area contributed by atoms with E-state index in [0.29, 0.717) is 12.2 Å². The number of fused-ring (bicyclic) bond motifs is 1. The third kappa shape index (κ3) is 6.32. The number of halogens is 2. The first kappa shape index (κ1) is 24.7. The molecular weight excluding hydrogens is 487 g/mol. The van der Waals surface area contributed by atoms with Gasteiger partial charge in [-0.05, 0) is 70.7 Å². The van der Waals surface area contributed by atoms with Crippen LogP contribution in [-0.4, -0.2) is 35.4 Å². The number of nitrogens with zero attached hydrogens (tertiary/aromatic N) is 1. The van der Waals surface area contributed by atoms with Crippen molar-refractivity contribution in [2.75, 3.05) is 6.61 Å². The van der Waals surface area contributed by atoms with E-state index in [1.54, 1.807) is 12.1 Å². The molecule has 2 amide bonds. The zero-order valence-electron chi connectivity index (χ0n) is 19.0. The molecule has 0 saturated heterocycles. The van der Waals surface area contributed by atoms with Gasteiger partial charge in [-0.25, -0.2) is 4.39 Å². The minimum Gasteiger partial charge on any atom is -0.483 e. The second-order valence-electron chi connectivity index (χ2n) is 8.12. The van der Waals surface area contributed by atoms with Gasteiger partial charge in [-0.2, -0.15) is 0 Å². The first-order chi connectivity index (χ1) is 15.8. The van der Waals surface area contributed by atoms with Gasteiger partial charge in [0, 0.05) is 12.6 Å². The number of amides is 2. The number of ether oxygens (including phenoxy) is 1. The summed E-state index contributed by atoms with van der Waals surface area (Å²) < 4.78 is 20.0. The molecule has 0 aliphatic rings. The van der Waals surface area contributed by atoms with Crippen molar-refractivity contribution in [1.29, 1.82) is 0 Å². The first-order valence-electron chi connectivity index (χ1n) is 10.9. The van der Waals surface area contributed by atoms with Gasteiger partial charge in [0.1, 0.15) is 17.6 Å². The van der Waals surface area contributed by atoms with Crippen molar-refractivity contribution in [2.45, 2.75) is 45.8 Å². The highest BCUT2D eigenvalue weighted by molar-refractivity contribution is 9.10. The molecule has 1 unspecified atom stereocenters. The summed E-state index contributed by atoms with van der Waals surface area (Å²) in [5, 5.41) is 4.92. The Morgan fingerprint density at radius 2 is 1.76 bits per heavy atom. The van der Waals surface area contributed by atoms with Crippen LogP contribution in [0.5, 0.6) is 5.75 Å². The van der Waals surface area contributed by atoms with E-state index < -0.39 is 6.04 Å². The second-order valence-corrected chi connectivity index (χ2v) is 8.92. The highest BCUT2D eigenvalue weighted by Crippen LogP contribution is 2.33. The lowest BCUT2D eigenvalue weighted by Crippen LogP contribution is -2.51. The van der Waals surface area contributed by atoms with Crippen LogP contribution < -0.4 is 10.1 Å². The number of benzene rings is 3. The van der Waals surface area contributed by atoms with Crippen LogP contribution in [0.15, 0.2) is 65.1 Å². The lowest BCUT2D eigenvalue weighted by molar-refractivity contribution is -0.143. The van der Waals surface area contributed by atoms with Gasteiger partial charge in [-0.1, -0.05) is 49.4 Å². The fourth-order valence-electron chi connectivity index (χ4n) is 3.63. The van der Waals surface area contributed by atoms with Crippen LogP contribution in [0.25, 0.3) is 10.8 Å². The summed E-state index contributed by atoms with van der Waals surface area (Å²) in [5.41, 5.74) is 0.729. The van der Waals surface area contributed by atoms with E-state index in [1.807, 2.05) is 57.2 Å². The molecule has 33 heavy (non-hydrogen) atoms. The van der Waals surface area contributed by atoms with Crippen LogP contribution in [0, 0.1) is 5.82 Å². The number of carbonyl (C=O) groups is 2. The van der Waals surface area contributed by atoms with E-state index in [0.717, 1.165) is 20.8 Å². The first-order valence-corrected chi connectivity index (χ1v) is 11.7. The maximum absolute atomic E-state index is 13.4. The Hall–Kier alpha value is -2.93. The van der Waals surface area contributed by atoms with Crippen LogP contribution in [0.2, 0.25) is 0 Å². The van der Waals surface area contributed by atoms with Crippen molar-refractivity contribution in [2.24, 2.45) is 0 Å². The third-order valence-electron chi connectivity index (χ3n) is 5.26. The molecular formula is C26H28BrFN2O3. The van der Waals surface area contributed by atoms with Gasteiger partial charge in [0.2, 0.25) is 5.91 Å². The predicted octanol–water partition coefficient (Wildman–Crippen LogP) is 5.45. The standard InChI is InChI=1S/C26H28BrFN2O3/c1-4-22(26(32)29-17(2)3)30(15-18-9-12-20(28)13-10-18)24(31)16-33-23-14-11-19-7-5-6-8-21(19)25(23)27/h5-14,17,22H,4,15-16H2,1-3H3,(H,29,32). The molecule has 0 aliphatic heterocycles. The summed E-state index contributed by atoms with van der Waals surface area (Å²) in [6.07, 6.45) is 0.436. The van der Waals surface area contributed by atoms with Crippen LogP contribution >= 0.6 is 15.9 Å². The SMILES string of the molecule is CCC(C(=O)NC(C)C)N(Cc1ccc(F)cc1)C(=O)COc1ccc2ccccc2c1Br. The van der Waals surface area contributed by atoms with Crippen LogP contribution in [-0.2, 0) is 16.1 Å². The van der Waals surface area contributed by atoms with E-state index in [-0.39, 0.29) is 36.8 Å². The van der Waals surface area contributed by atoms with Crippen molar-refractivity contribution >= 4 is 38.5 Å². The number of hydrogen-bond acceptors (Lipinski definition) is 3. The van der Waals surface area contributed by atoms with Gasteiger partial charge < -0.3 is 15.0 Å². The van der Waals surface area contributed by atoms with Gasteiger partial charge in [0.15, 0.2) is 6.61 Å². The molecule has 3 rings (SSSR count). The minimum atomic E-state index is -0.673. The second kappa shape index (κ2) is 11.3. The summed E-state index contributed by atoms with van der Waals surface area (Å²) in [6.45, 7) is 5.54. The van der Waals surface area contributed by atoms with Crippen LogP contribution in [0.1, 0.15) is 32.8 Å². The summed E-state index contributed by atoms with van der Waals surface area (Å²) in [7, 11) is 0. The molecule has 1 atom stereocenters. The van der Waals surface area contributed by atoms with Gasteiger partial charge in [0.05, 0.1) is 4.47 Å². The van der Waals surface area contributed by atoms with E-state index in [2.05, 4.69) is 21.2 Å². The van der Waals surface area contributed by atoms with Gasteiger partial charge >= 0.3 is 0 Å². The van der Waals surface area contributed by atoms with E-state index >= 15 is 0 Å². The zero-order chi connectivity index (χ0) is 24.0. The van der Waals surface area contributed by atoms with Crippen LogP contribution in [0.3, 0.4) is 0 Å². The Bertz CT molecular complexity index is 1120. The van der Waals surface area contributed by atoms with Gasteiger partial charge in [-0.15, -0.1) is 0 Å². The summed E-state index contributed by atoms with van der Waals surface area (Å²) in [6, 6.07) is 16.8. The molecule has 0 spiro atoms. The fourth-order valence-corrected chi connectivity index (χ4v) is 4.24. The highest BCUT2D eigenvalue weighted by atomic mass is 79.9. The molecule has 0 aromatic heterocycles. The average molecular weight is 515 g/mol. The monoisotopic (exact) mass is 514 g/mol. The van der Waals surface area contributed by atoms with Crippen molar-refractivity contribution in [3.8, 4) is 5.75 Å². The molecule has 0 bridgehead atoms. The molecule has 0 aliphatic carbocycles. The van der Waals surface area contributed by atoms with E-state index in [9.17, 15) is 14.0 Å². The fraction of sp³-hybridized carbons (Fsp3) is 0.308. The van der Waals surface area contributed by atoms with E-state index in [4.69, 9.17) is 4.74 Å². The normalized spacial score (nSPS) is 11.9. The van der Waals surface area contributed by atoms with Gasteiger partial charge in [-0.3, -0.25) is 9.59 Å². The highest BCUT2D eigenvalue weighted by Gasteiger charge is 2.29. The lowest BCUT2D eigenvalue weighted by Gasteiger charge is -2.31. The molecule has 0 saturated carbocycles. The maximum atomic E-state index is 13.4. The number of carbonyl (C=O) groups excluding carboxylic acids is 2. The Morgan fingerprint density at radius 1 is 1.06 bits per heavy atom. The number of nitrogens with one attached hydrogen (secondary N) is 1. The average Bonchev–Trinajstić information content (AvgIpc) is 2.79. The molecule has 3 aromatic carbocycles. The topological polar surface area (TPSA) is 58.6 Å². The van der Waals surface area contributed by atoms with Crippen molar-refractivity contribution < 1.29 is 18.7 Å². The zero-order valence-corrected chi connectivity index (χ0v) is 20.6. The Morgan fingerprint density at radius 3 is 2.42 bits per heavy atom. The largest absolute Gasteiger partial charge is 0.483 e. The lowest BCUT2D eigenvalue weighted by atomic mass is 10.1. The van der Waals surface area contributed by atoms with Crippen molar-refractivity contribution in [3.05, 3.63) is 76.5 Å². The molecule has 3 aromatic rings. The summed E-state index contributed by atoms with van der Waals surface area (Å²) >= 11 is 3.57.